The van der Waals surface area contributed by atoms with E-state index >= 15 is 0 Å². The number of rotatable bonds is 6. The molecule has 5 nitrogen and oxygen atoms in total. The number of hydrogen-bond acceptors (Lipinski definition) is 3. The van der Waals surface area contributed by atoms with Crippen molar-refractivity contribution in [3.05, 3.63) is 58.1 Å². The molecule has 6 heteroatoms. The van der Waals surface area contributed by atoms with E-state index in [0.29, 0.717) is 10.7 Å². The van der Waals surface area contributed by atoms with E-state index in [4.69, 9.17) is 16.3 Å². The summed E-state index contributed by atoms with van der Waals surface area (Å²) in [5.74, 6) is 0.179. The number of hydrogen-bond donors (Lipinski definition) is 2. The molecule has 0 saturated heterocycles. The maximum Gasteiger partial charge on any atom is 0.243 e. The molecule has 0 spiro atoms. The second-order valence-corrected chi connectivity index (χ2v) is 6.20. The molecule has 0 atom stereocenters. The number of halogens is 1. The minimum atomic E-state index is -0.322. The first-order chi connectivity index (χ1) is 11.9. The van der Waals surface area contributed by atoms with Crippen molar-refractivity contribution in [2.75, 3.05) is 19.0 Å². The fourth-order valence-corrected chi connectivity index (χ4v) is 2.80. The fraction of sp³-hybridized carbons (Fsp3) is 0.263. The number of ether oxygens (including phenoxy) is 1. The number of amides is 2. The lowest BCUT2D eigenvalue weighted by Crippen LogP contribution is -2.34. The van der Waals surface area contributed by atoms with Crippen molar-refractivity contribution >= 4 is 29.1 Å². The smallest absolute Gasteiger partial charge is 0.243 e. The molecule has 0 bridgehead atoms. The summed E-state index contributed by atoms with van der Waals surface area (Å²) in [5, 5.41) is 5.82. The predicted octanol–water partition coefficient (Wildman–Crippen LogP) is 3.26. The highest BCUT2D eigenvalue weighted by Gasteiger charge is 2.11. The highest BCUT2D eigenvalue weighted by molar-refractivity contribution is 6.34. The molecule has 0 fully saturated rings. The molecule has 0 unspecified atom stereocenters. The summed E-state index contributed by atoms with van der Waals surface area (Å²) in [6, 6.07) is 10.9. The van der Waals surface area contributed by atoms with Crippen LogP contribution in [0.1, 0.15) is 16.7 Å². The zero-order valence-corrected chi connectivity index (χ0v) is 15.2. The van der Waals surface area contributed by atoms with E-state index in [1.807, 2.05) is 32.0 Å². The summed E-state index contributed by atoms with van der Waals surface area (Å²) in [5.41, 5.74) is 3.31. The number of aryl methyl sites for hydroxylation is 2. The molecular formula is C19H21ClN2O3. The molecule has 0 aliphatic heterocycles. The van der Waals surface area contributed by atoms with Crippen LogP contribution in [0.5, 0.6) is 5.75 Å². The minimum Gasteiger partial charge on any atom is -0.497 e. The van der Waals surface area contributed by atoms with Gasteiger partial charge >= 0.3 is 0 Å². The van der Waals surface area contributed by atoms with Gasteiger partial charge in [-0.3, -0.25) is 9.59 Å². The van der Waals surface area contributed by atoms with E-state index in [1.165, 1.54) is 0 Å². The normalized spacial score (nSPS) is 10.2. The van der Waals surface area contributed by atoms with Gasteiger partial charge in [-0.15, -0.1) is 0 Å². The molecule has 25 heavy (non-hydrogen) atoms. The fourth-order valence-electron chi connectivity index (χ4n) is 2.43. The standard InChI is InChI=1S/C19H21ClN2O3/c1-12-8-13(2)19(16(20)9-12)22-18(24)11-21-17(23)10-14-4-6-15(25-3)7-5-14/h4-9H,10-11H2,1-3H3,(H,21,23)(H,22,24). The molecule has 2 N–H and O–H groups in total. The zero-order chi connectivity index (χ0) is 18.4. The Morgan fingerprint density at radius 2 is 1.76 bits per heavy atom. The number of anilines is 1. The van der Waals surface area contributed by atoms with E-state index < -0.39 is 0 Å². The molecule has 0 radical (unpaired) electrons. The van der Waals surface area contributed by atoms with Gasteiger partial charge in [-0.25, -0.2) is 0 Å². The van der Waals surface area contributed by atoms with Gasteiger partial charge in [0.1, 0.15) is 5.75 Å². The van der Waals surface area contributed by atoms with Crippen molar-refractivity contribution in [2.45, 2.75) is 20.3 Å². The van der Waals surface area contributed by atoms with Crippen LogP contribution in [0.2, 0.25) is 5.02 Å². The highest BCUT2D eigenvalue weighted by Crippen LogP contribution is 2.27. The Bertz CT molecular complexity index is 750. The summed E-state index contributed by atoms with van der Waals surface area (Å²) in [6.45, 7) is 3.69. The van der Waals surface area contributed by atoms with Crippen LogP contribution in [0.25, 0.3) is 0 Å². The number of carbonyl (C=O) groups excluding carboxylic acids is 2. The van der Waals surface area contributed by atoms with Crippen LogP contribution in [-0.2, 0) is 16.0 Å². The average Bonchev–Trinajstić information content (AvgIpc) is 2.57. The molecule has 2 amide bonds. The predicted molar refractivity (Wildman–Crippen MR) is 99.3 cm³/mol. The molecule has 2 rings (SSSR count). The van der Waals surface area contributed by atoms with Crippen LogP contribution in [-0.4, -0.2) is 25.5 Å². The van der Waals surface area contributed by atoms with Crippen LogP contribution in [0.15, 0.2) is 36.4 Å². The second-order valence-electron chi connectivity index (χ2n) is 5.79. The van der Waals surface area contributed by atoms with Gasteiger partial charge in [0.25, 0.3) is 0 Å². The van der Waals surface area contributed by atoms with E-state index in [-0.39, 0.29) is 24.8 Å². The average molecular weight is 361 g/mol. The van der Waals surface area contributed by atoms with E-state index in [9.17, 15) is 9.59 Å². The van der Waals surface area contributed by atoms with Crippen LogP contribution in [0, 0.1) is 13.8 Å². The van der Waals surface area contributed by atoms with Crippen LogP contribution in [0.3, 0.4) is 0 Å². The number of methoxy groups -OCH3 is 1. The van der Waals surface area contributed by atoms with Crippen molar-refractivity contribution in [2.24, 2.45) is 0 Å². The van der Waals surface area contributed by atoms with E-state index in [2.05, 4.69) is 10.6 Å². The van der Waals surface area contributed by atoms with Gasteiger partial charge in [-0.05, 0) is 48.7 Å². The molecule has 2 aromatic carbocycles. The largest absolute Gasteiger partial charge is 0.497 e. The van der Waals surface area contributed by atoms with Gasteiger partial charge in [0.2, 0.25) is 11.8 Å². The van der Waals surface area contributed by atoms with Crippen molar-refractivity contribution in [3.8, 4) is 5.75 Å². The highest BCUT2D eigenvalue weighted by atomic mass is 35.5. The Morgan fingerprint density at radius 1 is 1.08 bits per heavy atom. The van der Waals surface area contributed by atoms with Gasteiger partial charge in [0.15, 0.2) is 0 Å². The number of nitrogens with one attached hydrogen (secondary N) is 2. The third-order valence-corrected chi connectivity index (χ3v) is 3.96. The Labute approximate surface area is 152 Å². The van der Waals surface area contributed by atoms with E-state index in [1.54, 1.807) is 25.3 Å². The Kier molecular flexibility index (Phi) is 6.42. The summed E-state index contributed by atoms with van der Waals surface area (Å²) in [6.07, 6.45) is 0.196. The topological polar surface area (TPSA) is 67.4 Å². The van der Waals surface area contributed by atoms with Gasteiger partial charge in [0, 0.05) is 0 Å². The van der Waals surface area contributed by atoms with Gasteiger partial charge < -0.3 is 15.4 Å². The van der Waals surface area contributed by atoms with E-state index in [0.717, 1.165) is 22.4 Å². The lowest BCUT2D eigenvalue weighted by atomic mass is 10.1. The Hall–Kier alpha value is -2.53. The summed E-state index contributed by atoms with van der Waals surface area (Å²) >= 11 is 6.16. The van der Waals surface area contributed by atoms with Crippen LogP contribution < -0.4 is 15.4 Å². The van der Waals surface area contributed by atoms with Crippen LogP contribution >= 0.6 is 11.6 Å². The first kappa shape index (κ1) is 18.8. The van der Waals surface area contributed by atoms with Crippen molar-refractivity contribution in [1.82, 2.24) is 5.32 Å². The molecule has 0 heterocycles. The molecule has 0 saturated carbocycles. The number of benzene rings is 2. The molecule has 0 aromatic heterocycles. The first-order valence-corrected chi connectivity index (χ1v) is 8.23. The molecule has 132 valence electrons. The van der Waals surface area contributed by atoms with Gasteiger partial charge in [0.05, 0.1) is 30.8 Å². The summed E-state index contributed by atoms with van der Waals surface area (Å²) in [4.78, 5) is 24.0. The molecule has 0 aliphatic carbocycles. The Balaban J connectivity index is 1.86. The Morgan fingerprint density at radius 3 is 2.36 bits per heavy atom. The summed E-state index contributed by atoms with van der Waals surface area (Å²) < 4.78 is 5.07. The third-order valence-electron chi connectivity index (χ3n) is 3.67. The third kappa shape index (κ3) is 5.50. The SMILES string of the molecule is COc1ccc(CC(=O)NCC(=O)Nc2c(C)cc(C)cc2Cl)cc1. The quantitative estimate of drug-likeness (QED) is 0.830. The molecular weight excluding hydrogens is 340 g/mol. The molecule has 0 aliphatic rings. The second kappa shape index (κ2) is 8.53. The maximum absolute atomic E-state index is 12.0. The van der Waals surface area contributed by atoms with Gasteiger partial charge in [-0.2, -0.15) is 0 Å². The monoisotopic (exact) mass is 360 g/mol. The number of carbonyl (C=O) groups is 2. The zero-order valence-electron chi connectivity index (χ0n) is 14.5. The first-order valence-electron chi connectivity index (χ1n) is 7.85. The van der Waals surface area contributed by atoms with Crippen LogP contribution in [0.4, 0.5) is 5.69 Å². The van der Waals surface area contributed by atoms with Gasteiger partial charge in [-0.1, -0.05) is 29.8 Å². The van der Waals surface area contributed by atoms with Crippen molar-refractivity contribution in [1.29, 1.82) is 0 Å². The van der Waals surface area contributed by atoms with Crippen molar-refractivity contribution < 1.29 is 14.3 Å². The molecule has 2 aromatic rings. The summed E-state index contributed by atoms with van der Waals surface area (Å²) in [7, 11) is 1.59. The lowest BCUT2D eigenvalue weighted by molar-refractivity contribution is -0.123. The van der Waals surface area contributed by atoms with Crippen molar-refractivity contribution in [3.63, 3.8) is 0 Å². The lowest BCUT2D eigenvalue weighted by Gasteiger charge is -2.12. The maximum atomic E-state index is 12.0. The minimum absolute atomic E-state index is 0.112.